The van der Waals surface area contributed by atoms with Crippen molar-refractivity contribution in [1.29, 1.82) is 0 Å². The van der Waals surface area contributed by atoms with Crippen LogP contribution in [0.1, 0.15) is 46.0 Å². The Morgan fingerprint density at radius 1 is 1.21 bits per heavy atom. The fourth-order valence-corrected chi connectivity index (χ4v) is 3.21. The van der Waals surface area contributed by atoms with Gasteiger partial charge in [-0.15, -0.1) is 11.3 Å². The van der Waals surface area contributed by atoms with Crippen LogP contribution in [0.5, 0.6) is 5.75 Å². The van der Waals surface area contributed by atoms with E-state index in [1.807, 2.05) is 18.2 Å². The lowest BCUT2D eigenvalue weighted by Crippen LogP contribution is -2.28. The van der Waals surface area contributed by atoms with Crippen molar-refractivity contribution in [2.75, 3.05) is 20.3 Å². The molecule has 24 heavy (non-hydrogen) atoms. The average molecular weight is 347 g/mol. The number of unbranched alkanes of at least 4 members (excludes halogenated alkanes) is 1. The maximum atomic E-state index is 12.3. The molecule has 0 aliphatic carbocycles. The van der Waals surface area contributed by atoms with E-state index < -0.39 is 0 Å². The van der Waals surface area contributed by atoms with Crippen LogP contribution in [-0.2, 0) is 4.74 Å². The first kappa shape index (κ1) is 18.5. The number of carbonyl (C=O) groups is 1. The maximum absolute atomic E-state index is 12.3. The Hall–Kier alpha value is -1.85. The van der Waals surface area contributed by atoms with E-state index in [1.54, 1.807) is 30.6 Å². The molecule has 2 rings (SSSR count). The summed E-state index contributed by atoms with van der Waals surface area (Å²) >= 11 is 1.69. The van der Waals surface area contributed by atoms with Crippen molar-refractivity contribution >= 4 is 17.2 Å². The second kappa shape index (κ2) is 9.45. The molecule has 0 spiro atoms. The predicted molar refractivity (Wildman–Crippen MR) is 98.0 cm³/mol. The van der Waals surface area contributed by atoms with Crippen molar-refractivity contribution in [2.24, 2.45) is 0 Å². The molecule has 1 heterocycles. The number of carbonyl (C=O) groups excluding carboxylic acids is 1. The lowest BCUT2D eigenvalue weighted by molar-refractivity contribution is 0.0837. The van der Waals surface area contributed by atoms with Crippen LogP contribution >= 0.6 is 11.3 Å². The summed E-state index contributed by atoms with van der Waals surface area (Å²) in [5.74, 6) is 0.689. The Balaban J connectivity index is 1.87. The third-order valence-corrected chi connectivity index (χ3v) is 4.79. The van der Waals surface area contributed by atoms with Crippen molar-refractivity contribution in [1.82, 2.24) is 5.32 Å². The zero-order valence-corrected chi connectivity index (χ0v) is 15.3. The van der Waals surface area contributed by atoms with Crippen LogP contribution in [-0.4, -0.2) is 26.2 Å². The van der Waals surface area contributed by atoms with Crippen LogP contribution in [0.3, 0.4) is 0 Å². The Kier molecular flexibility index (Phi) is 7.28. The fourth-order valence-electron chi connectivity index (χ4n) is 2.25. The van der Waals surface area contributed by atoms with Gasteiger partial charge in [0, 0.05) is 29.0 Å². The summed E-state index contributed by atoms with van der Waals surface area (Å²) in [7, 11) is 1.66. The van der Waals surface area contributed by atoms with Gasteiger partial charge in [-0.1, -0.05) is 13.3 Å². The van der Waals surface area contributed by atoms with E-state index in [1.165, 1.54) is 4.88 Å². The van der Waals surface area contributed by atoms with E-state index in [0.717, 1.165) is 23.5 Å². The van der Waals surface area contributed by atoms with Crippen LogP contribution < -0.4 is 10.1 Å². The number of nitrogens with one attached hydrogen (secondary N) is 1. The molecular formula is C19H25NO3S. The molecule has 1 aromatic heterocycles. The second-order valence-electron chi connectivity index (χ2n) is 5.61. The monoisotopic (exact) mass is 347 g/mol. The molecule has 1 N–H and O–H groups in total. The molecule has 4 nitrogen and oxygen atoms in total. The summed E-state index contributed by atoms with van der Waals surface area (Å²) in [5.41, 5.74) is 0.620. The molecule has 130 valence electrons. The highest BCUT2D eigenvalue weighted by Crippen LogP contribution is 2.24. The fraction of sp³-hybridized carbons (Fsp3) is 0.421. The van der Waals surface area contributed by atoms with Gasteiger partial charge in [0.2, 0.25) is 0 Å². The molecule has 1 aromatic carbocycles. The first-order chi connectivity index (χ1) is 11.6. The van der Waals surface area contributed by atoms with Gasteiger partial charge in [0.05, 0.1) is 6.61 Å². The van der Waals surface area contributed by atoms with Gasteiger partial charge in [-0.05, 0) is 49.7 Å². The van der Waals surface area contributed by atoms with E-state index in [2.05, 4.69) is 25.2 Å². The van der Waals surface area contributed by atoms with Gasteiger partial charge in [-0.25, -0.2) is 0 Å². The molecule has 0 radical (unpaired) electrons. The Morgan fingerprint density at radius 3 is 2.54 bits per heavy atom. The number of methoxy groups -OCH3 is 1. The van der Waals surface area contributed by atoms with Gasteiger partial charge in [-0.2, -0.15) is 0 Å². The Morgan fingerprint density at radius 2 is 1.96 bits per heavy atom. The Labute approximate surface area is 147 Å². The number of hydrogen-bond acceptors (Lipinski definition) is 4. The van der Waals surface area contributed by atoms with E-state index in [0.29, 0.717) is 18.7 Å². The van der Waals surface area contributed by atoms with Crippen LogP contribution in [0.2, 0.25) is 0 Å². The number of rotatable bonds is 9. The molecule has 1 amide bonds. The number of ether oxygens (including phenoxy) is 2. The molecule has 0 aliphatic heterocycles. The summed E-state index contributed by atoms with van der Waals surface area (Å²) in [6.45, 7) is 5.34. The molecule has 5 heteroatoms. The summed E-state index contributed by atoms with van der Waals surface area (Å²) in [4.78, 5) is 14.6. The number of amides is 1. The van der Waals surface area contributed by atoms with E-state index in [9.17, 15) is 4.79 Å². The highest BCUT2D eigenvalue weighted by Gasteiger charge is 2.14. The van der Waals surface area contributed by atoms with Crippen LogP contribution in [0.4, 0.5) is 0 Å². The quantitative estimate of drug-likeness (QED) is 0.686. The van der Waals surface area contributed by atoms with E-state index >= 15 is 0 Å². The first-order valence-electron chi connectivity index (χ1n) is 8.24. The van der Waals surface area contributed by atoms with Gasteiger partial charge in [0.1, 0.15) is 11.9 Å². The van der Waals surface area contributed by atoms with Gasteiger partial charge >= 0.3 is 0 Å². The van der Waals surface area contributed by atoms with Gasteiger partial charge in [0.25, 0.3) is 5.91 Å². The van der Waals surface area contributed by atoms with Crippen molar-refractivity contribution in [3.05, 3.63) is 51.7 Å². The smallest absolute Gasteiger partial charge is 0.251 e. The van der Waals surface area contributed by atoms with Crippen LogP contribution in [0.15, 0.2) is 36.4 Å². The summed E-state index contributed by atoms with van der Waals surface area (Å²) in [5, 5.41) is 2.93. The van der Waals surface area contributed by atoms with E-state index in [-0.39, 0.29) is 12.0 Å². The van der Waals surface area contributed by atoms with Crippen molar-refractivity contribution in [3.63, 3.8) is 0 Å². The molecule has 0 aliphatic rings. The Bertz CT molecular complexity index is 636. The molecule has 1 atom stereocenters. The number of aryl methyl sites for hydroxylation is 1. The van der Waals surface area contributed by atoms with E-state index in [4.69, 9.17) is 9.47 Å². The third kappa shape index (κ3) is 5.35. The number of benzene rings is 1. The maximum Gasteiger partial charge on any atom is 0.251 e. The first-order valence-corrected chi connectivity index (χ1v) is 9.06. The minimum Gasteiger partial charge on any atom is -0.494 e. The van der Waals surface area contributed by atoms with Crippen molar-refractivity contribution in [3.8, 4) is 5.75 Å². The minimum absolute atomic E-state index is 0.106. The molecule has 0 bridgehead atoms. The molecular weight excluding hydrogens is 322 g/mol. The zero-order chi connectivity index (χ0) is 17.4. The standard InChI is InChI=1S/C19H25NO3S/c1-4-5-12-23-16-9-7-15(8-10-16)19(21)20-13-17(22-3)18-11-6-14(2)24-18/h6-11,17H,4-5,12-13H2,1-3H3,(H,20,21). The van der Waals surface area contributed by atoms with Gasteiger partial charge < -0.3 is 14.8 Å². The second-order valence-corrected chi connectivity index (χ2v) is 6.93. The zero-order valence-electron chi connectivity index (χ0n) is 14.5. The highest BCUT2D eigenvalue weighted by molar-refractivity contribution is 7.12. The minimum atomic E-state index is -0.121. The lowest BCUT2D eigenvalue weighted by atomic mass is 10.2. The molecule has 2 aromatic rings. The molecule has 1 unspecified atom stereocenters. The summed E-state index contributed by atoms with van der Waals surface area (Å²) in [6.07, 6.45) is 2.01. The molecule has 0 fully saturated rings. The van der Waals surface area contributed by atoms with Gasteiger partial charge in [-0.3, -0.25) is 4.79 Å². The van der Waals surface area contributed by atoms with Gasteiger partial charge in [0.15, 0.2) is 0 Å². The number of thiophene rings is 1. The largest absolute Gasteiger partial charge is 0.494 e. The third-order valence-electron chi connectivity index (χ3n) is 3.69. The van der Waals surface area contributed by atoms with Crippen molar-refractivity contribution in [2.45, 2.75) is 32.8 Å². The summed E-state index contributed by atoms with van der Waals surface area (Å²) < 4.78 is 11.1. The summed E-state index contributed by atoms with van der Waals surface area (Å²) in [6, 6.07) is 11.3. The average Bonchev–Trinajstić information content (AvgIpc) is 3.02. The molecule has 0 saturated carbocycles. The van der Waals surface area contributed by atoms with Crippen LogP contribution in [0, 0.1) is 6.92 Å². The molecule has 0 saturated heterocycles. The highest BCUT2D eigenvalue weighted by atomic mass is 32.1. The van der Waals surface area contributed by atoms with Crippen LogP contribution in [0.25, 0.3) is 0 Å². The SMILES string of the molecule is CCCCOc1ccc(C(=O)NCC(OC)c2ccc(C)s2)cc1. The number of hydrogen-bond donors (Lipinski definition) is 1. The predicted octanol–water partition coefficient (Wildman–Crippen LogP) is 4.35. The van der Waals surface area contributed by atoms with Crippen molar-refractivity contribution < 1.29 is 14.3 Å². The topological polar surface area (TPSA) is 47.6 Å². The normalized spacial score (nSPS) is 12.0. The lowest BCUT2D eigenvalue weighted by Gasteiger charge is -2.15.